The number of hydrogen-bond acceptors (Lipinski definition) is 3. The van der Waals surface area contributed by atoms with Crippen molar-refractivity contribution in [2.24, 2.45) is 0 Å². The normalized spacial score (nSPS) is 12.5. The van der Waals surface area contributed by atoms with Gasteiger partial charge in [0.2, 0.25) is 5.91 Å². The Balaban J connectivity index is 2.12. The number of nitrogens with one attached hydrogen (secondary N) is 2. The summed E-state index contributed by atoms with van der Waals surface area (Å²) >= 11 is 0. The maximum absolute atomic E-state index is 13.2. The van der Waals surface area contributed by atoms with Crippen molar-refractivity contribution < 1.29 is 27.1 Å². The largest absolute Gasteiger partial charge is 0.497 e. The first kappa shape index (κ1) is 19.7. The van der Waals surface area contributed by atoms with E-state index >= 15 is 0 Å². The van der Waals surface area contributed by atoms with Crippen LogP contribution in [0.3, 0.4) is 0 Å². The van der Waals surface area contributed by atoms with Crippen LogP contribution in [0.15, 0.2) is 48.5 Å². The molecule has 2 rings (SSSR count). The van der Waals surface area contributed by atoms with E-state index in [0.29, 0.717) is 11.3 Å². The van der Waals surface area contributed by atoms with Gasteiger partial charge in [0.15, 0.2) is 0 Å². The summed E-state index contributed by atoms with van der Waals surface area (Å²) in [6.45, 7) is -1.72. The molecule has 1 amide bonds. The van der Waals surface area contributed by atoms with Crippen LogP contribution in [0, 0.1) is 5.82 Å². The van der Waals surface area contributed by atoms with Gasteiger partial charge in [0, 0.05) is 0 Å². The summed E-state index contributed by atoms with van der Waals surface area (Å²) < 4.78 is 54.8. The molecule has 2 N–H and O–H groups in total. The second-order valence-electron chi connectivity index (χ2n) is 5.53. The summed E-state index contributed by atoms with van der Waals surface area (Å²) in [5.74, 6) is -0.567. The lowest BCUT2D eigenvalue weighted by atomic mass is 9.98. The van der Waals surface area contributed by atoms with Crippen molar-refractivity contribution in [3.8, 4) is 5.75 Å². The summed E-state index contributed by atoms with van der Waals surface area (Å²) in [7, 11) is 1.52. The number of benzene rings is 2. The van der Waals surface area contributed by atoms with Crippen molar-refractivity contribution in [1.29, 1.82) is 0 Å². The Hall–Kier alpha value is -2.61. The van der Waals surface area contributed by atoms with E-state index in [0.717, 1.165) is 5.56 Å². The van der Waals surface area contributed by atoms with Gasteiger partial charge in [-0.2, -0.15) is 13.2 Å². The molecular weight excluding hydrogens is 352 g/mol. The van der Waals surface area contributed by atoms with Crippen LogP contribution in [-0.4, -0.2) is 32.3 Å². The monoisotopic (exact) mass is 370 g/mol. The molecule has 0 saturated heterocycles. The Morgan fingerprint density at radius 1 is 1.04 bits per heavy atom. The van der Waals surface area contributed by atoms with Crippen LogP contribution in [0.2, 0.25) is 0 Å². The summed E-state index contributed by atoms with van der Waals surface area (Å²) in [5.41, 5.74) is 1.42. The molecule has 0 aliphatic carbocycles. The zero-order valence-electron chi connectivity index (χ0n) is 13.9. The zero-order chi connectivity index (χ0) is 19.2. The molecule has 0 heterocycles. The van der Waals surface area contributed by atoms with E-state index < -0.39 is 30.5 Å². The van der Waals surface area contributed by atoms with Crippen LogP contribution in [-0.2, 0) is 4.79 Å². The molecule has 8 heteroatoms. The highest BCUT2D eigenvalue weighted by molar-refractivity contribution is 5.78. The molecule has 0 aliphatic rings. The van der Waals surface area contributed by atoms with Gasteiger partial charge in [-0.1, -0.05) is 24.3 Å². The average Bonchev–Trinajstić information content (AvgIpc) is 2.61. The highest BCUT2D eigenvalue weighted by Crippen LogP contribution is 2.24. The van der Waals surface area contributed by atoms with Crippen LogP contribution >= 0.6 is 0 Å². The van der Waals surface area contributed by atoms with E-state index in [2.05, 4.69) is 5.32 Å². The Morgan fingerprint density at radius 2 is 1.58 bits per heavy atom. The Morgan fingerprint density at radius 3 is 2.08 bits per heavy atom. The predicted molar refractivity (Wildman–Crippen MR) is 88.3 cm³/mol. The van der Waals surface area contributed by atoms with E-state index in [-0.39, 0.29) is 6.54 Å². The standard InChI is InChI=1S/C18H18F4N2O2/c1-26-15-8-4-13(5-9-15)17(12-2-6-14(19)7-3-12)23-10-16(25)24-11-18(20,21)22/h2-9,17,23H,10-11H2,1H3,(H,24,25)/t17-/m1/s1. The fourth-order valence-electron chi connectivity index (χ4n) is 2.34. The average molecular weight is 370 g/mol. The minimum atomic E-state index is -4.47. The van der Waals surface area contributed by atoms with Crippen molar-refractivity contribution in [3.05, 3.63) is 65.5 Å². The van der Waals surface area contributed by atoms with Gasteiger partial charge in [0.05, 0.1) is 19.7 Å². The van der Waals surface area contributed by atoms with E-state index in [1.807, 2.05) is 0 Å². The number of hydrogen-bond donors (Lipinski definition) is 2. The van der Waals surface area contributed by atoms with Crippen molar-refractivity contribution in [2.75, 3.05) is 20.2 Å². The summed E-state index contributed by atoms with van der Waals surface area (Å²) in [4.78, 5) is 11.7. The third-order valence-electron chi connectivity index (χ3n) is 3.61. The van der Waals surface area contributed by atoms with Gasteiger partial charge in [-0.25, -0.2) is 4.39 Å². The number of carbonyl (C=O) groups excluding carboxylic acids is 1. The number of methoxy groups -OCH3 is 1. The molecule has 2 aromatic carbocycles. The minimum absolute atomic E-state index is 0.329. The second-order valence-corrected chi connectivity index (χ2v) is 5.53. The molecule has 0 saturated carbocycles. The molecule has 0 aromatic heterocycles. The maximum atomic E-state index is 13.2. The summed E-state index contributed by atoms with van der Waals surface area (Å²) in [6, 6.07) is 12.1. The van der Waals surface area contributed by atoms with Crippen LogP contribution in [0.25, 0.3) is 0 Å². The topological polar surface area (TPSA) is 50.4 Å². The molecule has 0 fully saturated rings. The van der Waals surface area contributed by atoms with Crippen LogP contribution in [0.5, 0.6) is 5.75 Å². The van der Waals surface area contributed by atoms with Crippen molar-refractivity contribution >= 4 is 5.91 Å². The zero-order valence-corrected chi connectivity index (χ0v) is 13.9. The SMILES string of the molecule is COc1ccc([C@H](NCC(=O)NCC(F)(F)F)c2ccc(F)cc2)cc1. The lowest BCUT2D eigenvalue weighted by molar-refractivity contribution is -0.137. The fourth-order valence-corrected chi connectivity index (χ4v) is 2.34. The van der Waals surface area contributed by atoms with Gasteiger partial charge in [0.1, 0.15) is 18.1 Å². The van der Waals surface area contributed by atoms with E-state index in [1.54, 1.807) is 41.7 Å². The third kappa shape index (κ3) is 6.03. The molecule has 0 spiro atoms. The van der Waals surface area contributed by atoms with Gasteiger partial charge in [-0.3, -0.25) is 10.1 Å². The highest BCUT2D eigenvalue weighted by atomic mass is 19.4. The van der Waals surface area contributed by atoms with E-state index in [4.69, 9.17) is 4.74 Å². The minimum Gasteiger partial charge on any atom is -0.497 e. The van der Waals surface area contributed by atoms with Gasteiger partial charge < -0.3 is 10.1 Å². The first-order valence-corrected chi connectivity index (χ1v) is 7.75. The fraction of sp³-hybridized carbons (Fsp3) is 0.278. The summed E-state index contributed by atoms with van der Waals surface area (Å²) in [5, 5.41) is 4.70. The van der Waals surface area contributed by atoms with Crippen molar-refractivity contribution in [1.82, 2.24) is 10.6 Å². The maximum Gasteiger partial charge on any atom is 0.405 e. The summed E-state index contributed by atoms with van der Waals surface area (Å²) in [6.07, 6.45) is -4.47. The molecule has 4 nitrogen and oxygen atoms in total. The molecule has 0 aliphatic heterocycles. The number of halogens is 4. The van der Waals surface area contributed by atoms with E-state index in [9.17, 15) is 22.4 Å². The van der Waals surface area contributed by atoms with Crippen molar-refractivity contribution in [2.45, 2.75) is 12.2 Å². The van der Waals surface area contributed by atoms with Gasteiger partial charge >= 0.3 is 6.18 Å². The Bertz CT molecular complexity index is 715. The Labute approximate surface area is 148 Å². The number of rotatable bonds is 7. The van der Waals surface area contributed by atoms with Crippen LogP contribution < -0.4 is 15.4 Å². The first-order chi connectivity index (χ1) is 12.3. The third-order valence-corrected chi connectivity index (χ3v) is 3.61. The lowest BCUT2D eigenvalue weighted by Gasteiger charge is -2.20. The quantitative estimate of drug-likeness (QED) is 0.736. The number of alkyl halides is 3. The van der Waals surface area contributed by atoms with E-state index in [1.165, 1.54) is 19.2 Å². The first-order valence-electron chi connectivity index (χ1n) is 7.75. The molecule has 140 valence electrons. The molecule has 26 heavy (non-hydrogen) atoms. The lowest BCUT2D eigenvalue weighted by Crippen LogP contribution is -2.40. The number of ether oxygens (including phenoxy) is 1. The predicted octanol–water partition coefficient (Wildman–Crippen LogP) is 3.19. The second kappa shape index (κ2) is 8.66. The molecule has 1 atom stereocenters. The molecule has 0 bridgehead atoms. The van der Waals surface area contributed by atoms with Crippen LogP contribution in [0.1, 0.15) is 17.2 Å². The molecule has 0 radical (unpaired) electrons. The Kier molecular flexibility index (Phi) is 6.57. The molecular formula is C18H18F4N2O2. The van der Waals surface area contributed by atoms with Gasteiger partial charge in [0.25, 0.3) is 0 Å². The van der Waals surface area contributed by atoms with Gasteiger partial charge in [-0.15, -0.1) is 0 Å². The van der Waals surface area contributed by atoms with Gasteiger partial charge in [-0.05, 0) is 35.4 Å². The highest BCUT2D eigenvalue weighted by Gasteiger charge is 2.27. The molecule has 0 unspecified atom stereocenters. The van der Waals surface area contributed by atoms with Crippen LogP contribution in [0.4, 0.5) is 17.6 Å². The number of carbonyl (C=O) groups is 1. The molecule has 2 aromatic rings. The smallest absolute Gasteiger partial charge is 0.405 e. The van der Waals surface area contributed by atoms with Crippen molar-refractivity contribution in [3.63, 3.8) is 0 Å². The number of amides is 1.